The van der Waals surface area contributed by atoms with Crippen molar-refractivity contribution in [1.29, 1.82) is 5.26 Å². The summed E-state index contributed by atoms with van der Waals surface area (Å²) in [6.07, 6.45) is 14.5. The van der Waals surface area contributed by atoms with E-state index in [9.17, 15) is 9.59 Å². The number of carbonyl (C=O) groups is 2. The summed E-state index contributed by atoms with van der Waals surface area (Å²) in [6.45, 7) is 0.292. The molecule has 2 aliphatic carbocycles. The number of anilines is 1. The highest BCUT2D eigenvalue weighted by molar-refractivity contribution is 7.16. The third kappa shape index (κ3) is 6.62. The van der Waals surface area contributed by atoms with Crippen LogP contribution >= 0.6 is 11.3 Å². The molecule has 0 spiro atoms. The molecule has 2 aromatic heterocycles. The van der Waals surface area contributed by atoms with Crippen LogP contribution in [0.3, 0.4) is 0 Å². The number of amides is 1. The molecule has 3 atom stereocenters. The van der Waals surface area contributed by atoms with Crippen LogP contribution in [0.2, 0.25) is 0 Å². The van der Waals surface area contributed by atoms with E-state index >= 15 is 0 Å². The van der Waals surface area contributed by atoms with Crippen LogP contribution in [0.5, 0.6) is 0 Å². The van der Waals surface area contributed by atoms with E-state index in [2.05, 4.69) is 27.3 Å². The third-order valence-electron chi connectivity index (χ3n) is 7.13. The molecular formula is C27H35N5O3S. The zero-order chi connectivity index (χ0) is 25.5. The summed E-state index contributed by atoms with van der Waals surface area (Å²) in [6, 6.07) is 7.88. The van der Waals surface area contributed by atoms with Crippen LogP contribution in [0.25, 0.3) is 0 Å². The summed E-state index contributed by atoms with van der Waals surface area (Å²) in [4.78, 5) is 32.5. The molecule has 0 aromatic carbocycles. The maximum absolute atomic E-state index is 13.2. The summed E-state index contributed by atoms with van der Waals surface area (Å²) in [5, 5.41) is 21.8. The molecule has 0 radical (unpaired) electrons. The Balaban J connectivity index is 0.000000256. The Morgan fingerprint density at radius 2 is 2.06 bits per heavy atom. The number of aromatic nitrogens is 1. The highest BCUT2D eigenvalue weighted by Crippen LogP contribution is 2.45. The van der Waals surface area contributed by atoms with Gasteiger partial charge in [-0.25, -0.2) is 0 Å². The number of nitriles is 1. The number of nitrogens with zero attached hydrogens (tertiary/aromatic N) is 4. The third-order valence-corrected chi connectivity index (χ3v) is 8.47. The fourth-order valence-corrected chi connectivity index (χ4v) is 6.11. The van der Waals surface area contributed by atoms with Crippen LogP contribution in [-0.2, 0) is 9.59 Å². The summed E-state index contributed by atoms with van der Waals surface area (Å²) in [5.41, 5.74) is 0.949. The lowest BCUT2D eigenvalue weighted by Gasteiger charge is -2.31. The largest absolute Gasteiger partial charge is 0.391 e. The second-order valence-corrected chi connectivity index (χ2v) is 11.0. The minimum atomic E-state index is -0.519. The number of aliphatic hydroxyl groups excluding tert-OH is 1. The van der Waals surface area contributed by atoms with Gasteiger partial charge in [-0.2, -0.15) is 5.26 Å². The minimum absolute atomic E-state index is 0.0915. The monoisotopic (exact) mass is 509 g/mol. The zero-order valence-corrected chi connectivity index (χ0v) is 21.6. The first-order chi connectivity index (χ1) is 17.5. The number of carbonyl (C=O) groups excluding carboxylic acids is 2. The first-order valence-corrected chi connectivity index (χ1v) is 13.6. The number of aliphatic hydroxyl groups is 1. The molecule has 1 aliphatic heterocycles. The lowest BCUT2D eigenvalue weighted by Crippen LogP contribution is -2.44. The molecule has 9 heteroatoms. The average Bonchev–Trinajstić information content (AvgIpc) is 3.50. The van der Waals surface area contributed by atoms with Crippen LogP contribution in [-0.4, -0.2) is 59.0 Å². The zero-order valence-electron chi connectivity index (χ0n) is 20.8. The van der Waals surface area contributed by atoms with Crippen molar-refractivity contribution in [2.45, 2.75) is 81.5 Å². The lowest BCUT2D eigenvalue weighted by atomic mass is 9.95. The number of hydrogen-bond acceptors (Lipinski definition) is 8. The van der Waals surface area contributed by atoms with Crippen LogP contribution in [0.15, 0.2) is 36.7 Å². The van der Waals surface area contributed by atoms with Crippen LogP contribution in [0.4, 0.5) is 5.00 Å². The summed E-state index contributed by atoms with van der Waals surface area (Å²) in [5.74, 6) is 0.837. The van der Waals surface area contributed by atoms with Crippen molar-refractivity contribution in [3.05, 3.63) is 47.1 Å². The SMILES string of the molecule is CN(c1ccc(C2CC2)s1)C(C(=O)NC1CCCCC1)c1cccnc1.N#CN1CC(O)CC1C=O. The Morgan fingerprint density at radius 3 is 2.67 bits per heavy atom. The van der Waals surface area contributed by atoms with Gasteiger partial charge >= 0.3 is 0 Å². The van der Waals surface area contributed by atoms with Crippen LogP contribution in [0, 0.1) is 11.5 Å². The Kier molecular flexibility index (Phi) is 8.94. The highest BCUT2D eigenvalue weighted by Gasteiger charge is 2.31. The molecule has 2 N–H and O–H groups in total. The van der Waals surface area contributed by atoms with Gasteiger partial charge in [-0.15, -0.1) is 11.3 Å². The van der Waals surface area contributed by atoms with Crippen molar-refractivity contribution in [3.63, 3.8) is 0 Å². The van der Waals surface area contributed by atoms with E-state index in [4.69, 9.17) is 10.4 Å². The molecule has 2 aromatic rings. The van der Waals surface area contributed by atoms with E-state index in [0.717, 1.165) is 29.3 Å². The van der Waals surface area contributed by atoms with Gasteiger partial charge in [0.05, 0.1) is 23.7 Å². The Bertz CT molecular complexity index is 1050. The number of aldehydes is 1. The normalized spacial score (nSPS) is 22.6. The molecule has 192 valence electrons. The van der Waals surface area contributed by atoms with Gasteiger partial charge in [0.2, 0.25) is 5.91 Å². The van der Waals surface area contributed by atoms with Gasteiger partial charge in [0.25, 0.3) is 0 Å². The topological polar surface area (TPSA) is 110 Å². The standard InChI is InChI=1S/C21H27N3OS.C6H8N2O2/c1-24(19-12-11-18(26-19)15-9-10-15)20(16-6-5-13-22-14-16)21(25)23-17-7-3-2-4-8-17;7-4-8-2-6(10)1-5(8)3-9/h5-6,11-15,17,20H,2-4,7-10H2,1H3,(H,23,25);3,5-6,10H,1-2H2. The first-order valence-electron chi connectivity index (χ1n) is 12.8. The molecule has 3 fully saturated rings. The van der Waals surface area contributed by atoms with Gasteiger partial charge in [0.1, 0.15) is 12.3 Å². The number of nitrogens with one attached hydrogen (secondary N) is 1. The minimum Gasteiger partial charge on any atom is -0.391 e. The number of rotatable bonds is 7. The van der Waals surface area contributed by atoms with E-state index in [1.165, 1.54) is 41.9 Å². The van der Waals surface area contributed by atoms with Gasteiger partial charge < -0.3 is 20.1 Å². The molecule has 8 nitrogen and oxygen atoms in total. The Hall–Kier alpha value is -2.96. The number of thiophene rings is 1. The number of likely N-dealkylation sites (tertiary alicyclic amines) is 1. The predicted molar refractivity (Wildman–Crippen MR) is 139 cm³/mol. The van der Waals surface area contributed by atoms with Crippen LogP contribution < -0.4 is 10.2 Å². The molecule has 5 rings (SSSR count). The van der Waals surface area contributed by atoms with Crippen molar-refractivity contribution in [2.75, 3.05) is 18.5 Å². The van der Waals surface area contributed by atoms with E-state index in [1.54, 1.807) is 6.20 Å². The Labute approximate surface area is 216 Å². The van der Waals surface area contributed by atoms with Crippen molar-refractivity contribution in [2.24, 2.45) is 0 Å². The van der Waals surface area contributed by atoms with E-state index in [1.807, 2.05) is 42.9 Å². The van der Waals surface area contributed by atoms with Gasteiger partial charge in [-0.3, -0.25) is 14.7 Å². The van der Waals surface area contributed by atoms with Crippen molar-refractivity contribution in [1.82, 2.24) is 15.2 Å². The lowest BCUT2D eigenvalue weighted by molar-refractivity contribution is -0.123. The maximum atomic E-state index is 13.2. The number of β-amino-alcohol motifs (C(OH)–C–C–N with tert-alkyl or cyclic N) is 1. The number of likely N-dealkylation sites (N-methyl/N-ethyl adjacent to an activating group) is 1. The van der Waals surface area contributed by atoms with Gasteiger partial charge in [0, 0.05) is 42.3 Å². The highest BCUT2D eigenvalue weighted by atomic mass is 32.1. The van der Waals surface area contributed by atoms with Gasteiger partial charge in [0.15, 0.2) is 6.19 Å². The van der Waals surface area contributed by atoms with Gasteiger partial charge in [-0.05, 0) is 49.8 Å². The molecule has 2 saturated carbocycles. The quantitative estimate of drug-likeness (QED) is 0.432. The van der Waals surface area contributed by atoms with E-state index in [0.29, 0.717) is 25.3 Å². The van der Waals surface area contributed by atoms with Gasteiger partial charge in [-0.1, -0.05) is 25.3 Å². The summed E-state index contributed by atoms with van der Waals surface area (Å²) < 4.78 is 0. The predicted octanol–water partition coefficient (Wildman–Crippen LogP) is 3.75. The molecule has 3 aliphatic rings. The molecular weight excluding hydrogens is 474 g/mol. The van der Waals surface area contributed by atoms with Crippen LogP contribution in [0.1, 0.15) is 73.8 Å². The molecule has 3 unspecified atom stereocenters. The van der Waals surface area contributed by atoms with E-state index in [-0.39, 0.29) is 11.9 Å². The Morgan fingerprint density at radius 1 is 1.28 bits per heavy atom. The maximum Gasteiger partial charge on any atom is 0.247 e. The molecule has 0 bridgehead atoms. The van der Waals surface area contributed by atoms with Crippen molar-refractivity contribution in [3.8, 4) is 6.19 Å². The van der Waals surface area contributed by atoms with E-state index < -0.39 is 12.1 Å². The second kappa shape index (κ2) is 12.3. The summed E-state index contributed by atoms with van der Waals surface area (Å²) in [7, 11) is 2.03. The first kappa shape index (κ1) is 26.1. The number of hydrogen-bond donors (Lipinski definition) is 2. The average molecular weight is 510 g/mol. The smallest absolute Gasteiger partial charge is 0.247 e. The van der Waals surface area contributed by atoms with Crippen molar-refractivity contribution >= 4 is 28.5 Å². The van der Waals surface area contributed by atoms with Crippen molar-refractivity contribution < 1.29 is 14.7 Å². The molecule has 36 heavy (non-hydrogen) atoms. The molecule has 3 heterocycles. The summed E-state index contributed by atoms with van der Waals surface area (Å²) >= 11 is 1.82. The fraction of sp³-hybridized carbons (Fsp3) is 0.556. The molecule has 1 saturated heterocycles. The second-order valence-electron chi connectivity index (χ2n) is 9.94. The molecule has 1 amide bonds. The number of pyridine rings is 1. The fourth-order valence-electron chi connectivity index (χ4n) is 4.95.